The molecule has 0 atom stereocenters. The van der Waals surface area contributed by atoms with Gasteiger partial charge in [-0.05, 0) is 48.5 Å². The summed E-state index contributed by atoms with van der Waals surface area (Å²) in [6.45, 7) is 0. The van der Waals surface area contributed by atoms with Gasteiger partial charge in [0.05, 0.1) is 6.26 Å². The molecular formula is C21H18N4O3. The second kappa shape index (κ2) is 7.40. The second-order valence-corrected chi connectivity index (χ2v) is 6.37. The molecule has 2 aromatic carbocycles. The molecule has 0 unspecified atom stereocenters. The molecule has 0 bridgehead atoms. The van der Waals surface area contributed by atoms with Gasteiger partial charge in [0.15, 0.2) is 5.76 Å². The molecule has 1 amide bonds. The van der Waals surface area contributed by atoms with Crippen LogP contribution in [0.2, 0.25) is 0 Å². The first-order chi connectivity index (χ1) is 13.6. The molecule has 0 saturated carbocycles. The molecule has 0 radical (unpaired) electrons. The molecule has 0 spiro atoms. The molecule has 7 heteroatoms. The number of nitrogens with one attached hydrogen (secondary N) is 1. The van der Waals surface area contributed by atoms with Gasteiger partial charge in [0.25, 0.3) is 11.8 Å². The maximum atomic E-state index is 12.6. The summed E-state index contributed by atoms with van der Waals surface area (Å²) in [7, 11) is 3.86. The quantitative estimate of drug-likeness (QED) is 0.560. The lowest BCUT2D eigenvalue weighted by Crippen LogP contribution is -2.14. The lowest BCUT2D eigenvalue weighted by Gasteiger charge is -2.13. The maximum absolute atomic E-state index is 12.6. The number of anilines is 2. The van der Waals surface area contributed by atoms with Crippen molar-refractivity contribution in [3.05, 3.63) is 72.5 Å². The predicted octanol–water partition coefficient (Wildman–Crippen LogP) is 4.31. The van der Waals surface area contributed by atoms with E-state index in [1.165, 1.54) is 0 Å². The third-order valence-electron chi connectivity index (χ3n) is 4.15. The number of hydrogen-bond acceptors (Lipinski definition) is 6. The largest absolute Gasteiger partial charge is 0.459 e. The van der Waals surface area contributed by atoms with Crippen molar-refractivity contribution in [1.29, 1.82) is 0 Å². The van der Waals surface area contributed by atoms with Gasteiger partial charge >= 0.3 is 0 Å². The number of hydrogen-bond donors (Lipinski definition) is 1. The molecule has 0 fully saturated rings. The maximum Gasteiger partial charge on any atom is 0.283 e. The fourth-order valence-corrected chi connectivity index (χ4v) is 2.70. The standard InChI is InChI=1S/C21H18N4O3/c1-25(2)17-9-4-6-14(13-17)19(26)22-16-8-3-7-15(12-16)20-23-24-21(28-20)18-10-5-11-27-18/h3-13H,1-2H3,(H,22,26). The van der Waals surface area contributed by atoms with Crippen molar-refractivity contribution in [3.63, 3.8) is 0 Å². The molecular weight excluding hydrogens is 356 g/mol. The molecule has 0 aliphatic heterocycles. The molecule has 140 valence electrons. The van der Waals surface area contributed by atoms with E-state index in [4.69, 9.17) is 8.83 Å². The number of aromatic nitrogens is 2. The van der Waals surface area contributed by atoms with Gasteiger partial charge in [0, 0.05) is 36.6 Å². The molecule has 4 aromatic rings. The zero-order chi connectivity index (χ0) is 19.5. The fourth-order valence-electron chi connectivity index (χ4n) is 2.70. The average molecular weight is 374 g/mol. The predicted molar refractivity (Wildman–Crippen MR) is 106 cm³/mol. The Morgan fingerprint density at radius 1 is 0.964 bits per heavy atom. The number of nitrogens with zero attached hydrogens (tertiary/aromatic N) is 3. The Balaban J connectivity index is 1.54. The fraction of sp³-hybridized carbons (Fsp3) is 0.0952. The molecule has 1 N–H and O–H groups in total. The Morgan fingerprint density at radius 3 is 2.57 bits per heavy atom. The minimum Gasteiger partial charge on any atom is -0.459 e. The second-order valence-electron chi connectivity index (χ2n) is 6.37. The van der Waals surface area contributed by atoms with Crippen LogP contribution in [0.4, 0.5) is 11.4 Å². The molecule has 0 aliphatic carbocycles. The van der Waals surface area contributed by atoms with Crippen LogP contribution in [0.5, 0.6) is 0 Å². The third kappa shape index (κ3) is 3.64. The van der Waals surface area contributed by atoms with E-state index >= 15 is 0 Å². The van der Waals surface area contributed by atoms with Crippen molar-refractivity contribution in [3.8, 4) is 23.1 Å². The highest BCUT2D eigenvalue weighted by Gasteiger charge is 2.14. The van der Waals surface area contributed by atoms with Gasteiger partial charge in [-0.3, -0.25) is 4.79 Å². The molecule has 0 saturated heterocycles. The Bertz CT molecular complexity index is 1100. The van der Waals surface area contributed by atoms with Crippen LogP contribution < -0.4 is 10.2 Å². The first kappa shape index (κ1) is 17.5. The summed E-state index contributed by atoms with van der Waals surface area (Å²) in [5.41, 5.74) is 2.87. The average Bonchev–Trinajstić information content (AvgIpc) is 3.40. The highest BCUT2D eigenvalue weighted by atomic mass is 16.4. The van der Waals surface area contributed by atoms with Crippen molar-refractivity contribution in [1.82, 2.24) is 10.2 Å². The molecule has 0 aliphatic rings. The summed E-state index contributed by atoms with van der Waals surface area (Å²) in [5.74, 6) is 0.957. The first-order valence-corrected chi connectivity index (χ1v) is 8.67. The smallest absolute Gasteiger partial charge is 0.283 e. The summed E-state index contributed by atoms with van der Waals surface area (Å²) in [6, 6.07) is 18.2. The van der Waals surface area contributed by atoms with Crippen LogP contribution in [0.3, 0.4) is 0 Å². The van der Waals surface area contributed by atoms with Gasteiger partial charge in [0.2, 0.25) is 5.89 Å². The van der Waals surface area contributed by atoms with E-state index < -0.39 is 0 Å². The van der Waals surface area contributed by atoms with Crippen LogP contribution in [0.15, 0.2) is 75.8 Å². The van der Waals surface area contributed by atoms with Gasteiger partial charge in [0.1, 0.15) is 0 Å². The van der Waals surface area contributed by atoms with Gasteiger partial charge in [-0.15, -0.1) is 10.2 Å². The van der Waals surface area contributed by atoms with E-state index in [1.807, 2.05) is 49.3 Å². The molecule has 28 heavy (non-hydrogen) atoms. The number of amides is 1. The minimum absolute atomic E-state index is 0.192. The van der Waals surface area contributed by atoms with Crippen LogP contribution in [0.1, 0.15) is 10.4 Å². The molecule has 4 rings (SSSR count). The number of rotatable bonds is 5. The lowest BCUT2D eigenvalue weighted by atomic mass is 10.1. The zero-order valence-electron chi connectivity index (χ0n) is 15.4. The van der Waals surface area contributed by atoms with E-state index in [0.717, 1.165) is 5.69 Å². The van der Waals surface area contributed by atoms with Crippen molar-refractivity contribution in [2.24, 2.45) is 0 Å². The van der Waals surface area contributed by atoms with Crippen LogP contribution in [0, 0.1) is 0 Å². The molecule has 7 nitrogen and oxygen atoms in total. The van der Waals surface area contributed by atoms with Gasteiger partial charge < -0.3 is 19.1 Å². The monoisotopic (exact) mass is 374 g/mol. The summed E-state index contributed by atoms with van der Waals surface area (Å²) in [5, 5.41) is 11.0. The Hall–Kier alpha value is -3.87. The Morgan fingerprint density at radius 2 is 1.79 bits per heavy atom. The van der Waals surface area contributed by atoms with Crippen molar-refractivity contribution < 1.29 is 13.6 Å². The highest BCUT2D eigenvalue weighted by molar-refractivity contribution is 6.05. The number of furan rings is 1. The Labute approximate surface area is 161 Å². The van der Waals surface area contributed by atoms with Gasteiger partial charge in [-0.2, -0.15) is 0 Å². The third-order valence-corrected chi connectivity index (χ3v) is 4.15. The summed E-state index contributed by atoms with van der Waals surface area (Å²) in [4.78, 5) is 14.6. The summed E-state index contributed by atoms with van der Waals surface area (Å²) in [6.07, 6.45) is 1.54. The van der Waals surface area contributed by atoms with Crippen LogP contribution in [-0.2, 0) is 0 Å². The normalized spacial score (nSPS) is 10.6. The van der Waals surface area contributed by atoms with Crippen molar-refractivity contribution >= 4 is 17.3 Å². The molecule has 2 heterocycles. The topological polar surface area (TPSA) is 84.4 Å². The van der Waals surface area contributed by atoms with E-state index in [0.29, 0.717) is 34.4 Å². The van der Waals surface area contributed by atoms with Crippen LogP contribution in [-0.4, -0.2) is 30.2 Å². The van der Waals surface area contributed by atoms with Crippen molar-refractivity contribution in [2.75, 3.05) is 24.3 Å². The van der Waals surface area contributed by atoms with Gasteiger partial charge in [-0.25, -0.2) is 0 Å². The van der Waals surface area contributed by atoms with E-state index in [9.17, 15) is 4.79 Å². The molecule has 2 aromatic heterocycles. The van der Waals surface area contributed by atoms with E-state index in [2.05, 4.69) is 15.5 Å². The number of benzene rings is 2. The van der Waals surface area contributed by atoms with Crippen molar-refractivity contribution in [2.45, 2.75) is 0 Å². The Kier molecular flexibility index (Phi) is 4.63. The van der Waals surface area contributed by atoms with Crippen LogP contribution in [0.25, 0.3) is 23.1 Å². The summed E-state index contributed by atoms with van der Waals surface area (Å²) >= 11 is 0. The first-order valence-electron chi connectivity index (χ1n) is 8.67. The van der Waals surface area contributed by atoms with E-state index in [1.54, 1.807) is 36.6 Å². The number of carbonyl (C=O) groups is 1. The lowest BCUT2D eigenvalue weighted by molar-refractivity contribution is 0.102. The number of carbonyl (C=O) groups excluding carboxylic acids is 1. The van der Waals surface area contributed by atoms with Gasteiger partial charge in [-0.1, -0.05) is 12.1 Å². The zero-order valence-corrected chi connectivity index (χ0v) is 15.4. The SMILES string of the molecule is CN(C)c1cccc(C(=O)Nc2cccc(-c3nnc(-c4ccco4)o3)c2)c1. The minimum atomic E-state index is -0.192. The highest BCUT2D eigenvalue weighted by Crippen LogP contribution is 2.26. The summed E-state index contributed by atoms with van der Waals surface area (Å²) < 4.78 is 10.9. The van der Waals surface area contributed by atoms with E-state index in [-0.39, 0.29) is 5.91 Å². The van der Waals surface area contributed by atoms with Crippen LogP contribution >= 0.6 is 0 Å².